The normalized spacial score (nSPS) is 11.0. The molecule has 0 saturated heterocycles. The number of fused-ring (bicyclic) bond motifs is 1. The Morgan fingerprint density at radius 2 is 1.96 bits per heavy atom. The highest BCUT2D eigenvalue weighted by Crippen LogP contribution is 2.30. The Balaban J connectivity index is 1.93. The van der Waals surface area contributed by atoms with Crippen LogP contribution in [0.1, 0.15) is 28.7 Å². The lowest BCUT2D eigenvalue weighted by Crippen LogP contribution is -2.24. The molecule has 1 aromatic heterocycles. The van der Waals surface area contributed by atoms with Gasteiger partial charge in [0.25, 0.3) is 0 Å². The lowest BCUT2D eigenvalue weighted by molar-refractivity contribution is -0.305. The van der Waals surface area contributed by atoms with Crippen LogP contribution in [0.15, 0.2) is 39.5 Å². The van der Waals surface area contributed by atoms with E-state index in [-0.39, 0.29) is 24.5 Å². The van der Waals surface area contributed by atoms with Crippen LogP contribution < -0.4 is 15.5 Å². The van der Waals surface area contributed by atoms with E-state index in [1.54, 1.807) is 32.0 Å². The third-order valence-electron chi connectivity index (χ3n) is 4.63. The number of aryl methyl sites for hydroxylation is 2. The van der Waals surface area contributed by atoms with Crippen molar-refractivity contribution in [2.75, 3.05) is 0 Å². The fourth-order valence-corrected chi connectivity index (χ4v) is 3.26. The first-order valence-electron chi connectivity index (χ1n) is 8.60. The zero-order valence-electron chi connectivity index (χ0n) is 15.3. The van der Waals surface area contributed by atoms with Crippen LogP contribution in [-0.2, 0) is 17.8 Å². The largest absolute Gasteiger partial charge is 0.550 e. The van der Waals surface area contributed by atoms with E-state index in [0.29, 0.717) is 39.0 Å². The van der Waals surface area contributed by atoms with Crippen molar-refractivity contribution >= 4 is 28.5 Å². The number of carbonyl (C=O) groups is 1. The number of hydrogen-bond donors (Lipinski definition) is 0. The van der Waals surface area contributed by atoms with Gasteiger partial charge in [-0.3, -0.25) is 0 Å². The molecule has 0 radical (unpaired) electrons. The highest BCUT2D eigenvalue weighted by atomic mass is 35.5. The molecule has 0 unspecified atom stereocenters. The summed E-state index contributed by atoms with van der Waals surface area (Å²) in [6.07, 6.45) is -0.206. The minimum atomic E-state index is -1.22. The molecule has 0 bridgehead atoms. The molecule has 0 spiro atoms. The van der Waals surface area contributed by atoms with Crippen LogP contribution >= 0.6 is 11.6 Å². The molecule has 3 aromatic rings. The molecule has 2 aromatic carbocycles. The van der Waals surface area contributed by atoms with Crippen molar-refractivity contribution in [1.29, 1.82) is 0 Å². The molecule has 146 valence electrons. The van der Waals surface area contributed by atoms with E-state index < -0.39 is 17.4 Å². The quantitative estimate of drug-likeness (QED) is 0.589. The van der Waals surface area contributed by atoms with Crippen LogP contribution in [0.25, 0.3) is 11.0 Å². The van der Waals surface area contributed by atoms with Gasteiger partial charge < -0.3 is 19.1 Å². The Labute approximate surface area is 165 Å². The van der Waals surface area contributed by atoms with Crippen molar-refractivity contribution in [3.63, 3.8) is 0 Å². The Morgan fingerprint density at radius 3 is 2.64 bits per heavy atom. The van der Waals surface area contributed by atoms with Crippen LogP contribution in [0, 0.1) is 19.7 Å². The second-order valence-corrected chi connectivity index (χ2v) is 6.86. The van der Waals surface area contributed by atoms with E-state index in [1.165, 1.54) is 12.1 Å². The first-order valence-corrected chi connectivity index (χ1v) is 8.98. The molecule has 28 heavy (non-hydrogen) atoms. The lowest BCUT2D eigenvalue weighted by atomic mass is 10.0. The average Bonchev–Trinajstić information content (AvgIpc) is 2.62. The summed E-state index contributed by atoms with van der Waals surface area (Å²) in [5.74, 6) is -1.15. The maximum Gasteiger partial charge on any atom is 0.339 e. The van der Waals surface area contributed by atoms with Gasteiger partial charge in [-0.2, -0.15) is 0 Å². The summed E-state index contributed by atoms with van der Waals surface area (Å²) in [7, 11) is 0. The Hall–Kier alpha value is -2.86. The van der Waals surface area contributed by atoms with Gasteiger partial charge >= 0.3 is 5.63 Å². The van der Waals surface area contributed by atoms with Gasteiger partial charge in [0, 0.05) is 28.0 Å². The van der Waals surface area contributed by atoms with Crippen molar-refractivity contribution in [1.82, 2.24) is 0 Å². The topological polar surface area (TPSA) is 79.6 Å². The first-order chi connectivity index (χ1) is 13.3. The summed E-state index contributed by atoms with van der Waals surface area (Å²) in [6.45, 7) is 3.63. The molecular weight excluding hydrogens is 387 g/mol. The maximum absolute atomic E-state index is 13.2. The van der Waals surface area contributed by atoms with Crippen LogP contribution in [0.5, 0.6) is 5.75 Å². The summed E-state index contributed by atoms with van der Waals surface area (Å²) >= 11 is 6.02. The third-order valence-corrected chi connectivity index (χ3v) is 4.98. The number of halogens is 2. The maximum atomic E-state index is 13.2. The van der Waals surface area contributed by atoms with Gasteiger partial charge in [0.1, 0.15) is 23.8 Å². The van der Waals surface area contributed by atoms with Crippen LogP contribution in [0.4, 0.5) is 4.39 Å². The number of ether oxygens (including phenoxy) is 1. The van der Waals surface area contributed by atoms with Gasteiger partial charge in [-0.1, -0.05) is 17.7 Å². The fraction of sp³-hybridized carbons (Fsp3) is 0.238. The molecule has 0 fully saturated rings. The second-order valence-electron chi connectivity index (χ2n) is 6.45. The highest BCUT2D eigenvalue weighted by Gasteiger charge is 2.15. The number of carbonyl (C=O) groups excluding carboxylic acids is 1. The number of carboxylic acids is 1. The molecule has 1 heterocycles. The molecule has 0 saturated carbocycles. The molecule has 0 N–H and O–H groups in total. The Morgan fingerprint density at radius 1 is 1.21 bits per heavy atom. The predicted molar refractivity (Wildman–Crippen MR) is 101 cm³/mol. The van der Waals surface area contributed by atoms with Crippen LogP contribution in [0.2, 0.25) is 5.02 Å². The summed E-state index contributed by atoms with van der Waals surface area (Å²) in [4.78, 5) is 23.0. The molecule has 3 rings (SSSR count). The molecule has 0 atom stereocenters. The zero-order valence-corrected chi connectivity index (χ0v) is 16.1. The van der Waals surface area contributed by atoms with Gasteiger partial charge in [0.15, 0.2) is 0 Å². The van der Waals surface area contributed by atoms with Crippen LogP contribution in [-0.4, -0.2) is 5.97 Å². The summed E-state index contributed by atoms with van der Waals surface area (Å²) < 4.78 is 24.4. The van der Waals surface area contributed by atoms with E-state index >= 15 is 0 Å². The van der Waals surface area contributed by atoms with Crippen molar-refractivity contribution in [3.8, 4) is 5.75 Å². The Bertz CT molecular complexity index is 1120. The van der Waals surface area contributed by atoms with Crippen molar-refractivity contribution in [2.45, 2.75) is 33.3 Å². The summed E-state index contributed by atoms with van der Waals surface area (Å²) in [5, 5.41) is 11.7. The van der Waals surface area contributed by atoms with Gasteiger partial charge in [0.2, 0.25) is 0 Å². The SMILES string of the molecule is Cc1c(CCC(=O)[O-])c(=O)oc2c(C)c(OCc3ccc(F)cc3Cl)ccc12. The predicted octanol–water partition coefficient (Wildman–Crippen LogP) is 3.46. The average molecular weight is 404 g/mol. The number of benzene rings is 2. The number of rotatable bonds is 6. The molecule has 0 aliphatic carbocycles. The number of aliphatic carboxylic acids is 1. The van der Waals surface area contributed by atoms with Crippen molar-refractivity contribution in [2.24, 2.45) is 0 Å². The van der Waals surface area contributed by atoms with Crippen molar-refractivity contribution in [3.05, 3.63) is 73.8 Å². The van der Waals surface area contributed by atoms with Gasteiger partial charge in [-0.15, -0.1) is 0 Å². The lowest BCUT2D eigenvalue weighted by Gasteiger charge is -2.14. The summed E-state index contributed by atoms with van der Waals surface area (Å²) in [6, 6.07) is 7.55. The molecule has 0 aliphatic rings. The molecule has 7 heteroatoms. The van der Waals surface area contributed by atoms with Gasteiger partial charge in [-0.05, 0) is 56.5 Å². The van der Waals surface area contributed by atoms with Crippen LogP contribution in [0.3, 0.4) is 0 Å². The minimum Gasteiger partial charge on any atom is -0.550 e. The molecule has 0 amide bonds. The molecule has 0 aliphatic heterocycles. The monoisotopic (exact) mass is 403 g/mol. The van der Waals surface area contributed by atoms with E-state index in [1.807, 2.05) is 0 Å². The van der Waals surface area contributed by atoms with Crippen molar-refractivity contribution < 1.29 is 23.4 Å². The minimum absolute atomic E-state index is 0.0484. The summed E-state index contributed by atoms with van der Waals surface area (Å²) in [5.41, 5.74) is 2.04. The Kier molecular flexibility index (Phi) is 5.70. The van der Waals surface area contributed by atoms with E-state index in [0.717, 1.165) is 0 Å². The van der Waals surface area contributed by atoms with Gasteiger partial charge in [-0.25, -0.2) is 9.18 Å². The smallest absolute Gasteiger partial charge is 0.339 e. The zero-order chi connectivity index (χ0) is 20.4. The standard InChI is InChI=1S/C21H18ClFO5/c1-11-15-5-7-18(27-10-13-3-4-14(23)9-17(13)22)12(2)20(15)28-21(26)16(11)6-8-19(24)25/h3-5,7,9H,6,8,10H2,1-2H3,(H,24,25)/p-1. The third kappa shape index (κ3) is 4.02. The van der Waals surface area contributed by atoms with E-state index in [4.69, 9.17) is 20.8 Å². The molecule has 5 nitrogen and oxygen atoms in total. The number of carboxylic acid groups (broad SMARTS) is 1. The fourth-order valence-electron chi connectivity index (χ4n) is 3.04. The van der Waals surface area contributed by atoms with E-state index in [2.05, 4.69) is 0 Å². The van der Waals surface area contributed by atoms with E-state index in [9.17, 15) is 19.1 Å². The number of hydrogen-bond acceptors (Lipinski definition) is 5. The second kappa shape index (κ2) is 8.02. The highest BCUT2D eigenvalue weighted by molar-refractivity contribution is 6.31. The first kappa shape index (κ1) is 19.9. The molecular formula is C21H17ClFO5-. The van der Waals surface area contributed by atoms with Gasteiger partial charge in [0.05, 0.1) is 5.02 Å².